The molecule has 1 aromatic rings. The van der Waals surface area contributed by atoms with Crippen LogP contribution in [0.3, 0.4) is 0 Å². The molecule has 3 fully saturated rings. The predicted octanol–water partition coefficient (Wildman–Crippen LogP) is 4.21. The van der Waals surface area contributed by atoms with Crippen molar-refractivity contribution in [1.29, 1.82) is 5.26 Å². The largest absolute Gasteiger partial charge is 0.313 e. The van der Waals surface area contributed by atoms with Crippen molar-refractivity contribution in [2.45, 2.75) is 43.9 Å². The van der Waals surface area contributed by atoms with Crippen LogP contribution >= 0.6 is 11.8 Å². The monoisotopic (exact) mass is 326 g/mol. The van der Waals surface area contributed by atoms with Crippen molar-refractivity contribution in [3.63, 3.8) is 0 Å². The fourth-order valence-corrected chi connectivity index (χ4v) is 6.43. The molecule has 3 aliphatic rings. The predicted molar refractivity (Wildman–Crippen MR) is 96.2 cm³/mol. The molecule has 5 atom stereocenters. The fourth-order valence-electron chi connectivity index (χ4n) is 5.56. The van der Waals surface area contributed by atoms with Gasteiger partial charge in [0.25, 0.3) is 0 Å². The lowest BCUT2D eigenvalue weighted by Crippen LogP contribution is -2.40. The molecule has 1 aromatic carbocycles. The second-order valence-corrected chi connectivity index (χ2v) is 8.64. The number of nitrogens with one attached hydrogen (secondary N) is 1. The highest BCUT2D eigenvalue weighted by atomic mass is 32.2. The minimum atomic E-state index is 0.798. The van der Waals surface area contributed by atoms with Crippen LogP contribution in [0.25, 0.3) is 0 Å². The van der Waals surface area contributed by atoms with Gasteiger partial charge < -0.3 is 5.32 Å². The molecule has 0 heterocycles. The van der Waals surface area contributed by atoms with Crippen molar-refractivity contribution in [3.05, 3.63) is 35.4 Å². The second-order valence-electron chi connectivity index (χ2n) is 7.54. The molecule has 0 aliphatic heterocycles. The quantitative estimate of drug-likeness (QED) is 0.796. The van der Waals surface area contributed by atoms with E-state index in [1.807, 2.05) is 30.0 Å². The lowest BCUT2D eigenvalue weighted by Gasteiger charge is -2.32. The first-order valence-electron chi connectivity index (χ1n) is 9.16. The molecule has 2 nitrogen and oxygen atoms in total. The number of nitriles is 1. The Labute approximate surface area is 144 Å². The molecule has 122 valence electrons. The molecule has 1 N–H and O–H groups in total. The summed E-state index contributed by atoms with van der Waals surface area (Å²) in [5.74, 6) is 6.27. The van der Waals surface area contributed by atoms with E-state index in [1.54, 1.807) is 0 Å². The van der Waals surface area contributed by atoms with E-state index >= 15 is 0 Å². The summed E-state index contributed by atoms with van der Waals surface area (Å²) in [6, 6.07) is 11.1. The van der Waals surface area contributed by atoms with Crippen molar-refractivity contribution in [2.24, 2.45) is 23.7 Å². The zero-order chi connectivity index (χ0) is 15.6. The van der Waals surface area contributed by atoms with Gasteiger partial charge in [0, 0.05) is 24.1 Å². The average Bonchev–Trinajstić information content (AvgIpc) is 3.27. The standard InChI is InChI=1S/C20H26N2S/c21-12-14-4-1-2-5-15(14)13-23-9-8-22-20-11-16-10-19(20)18-7-3-6-17(16)18/h1-2,4-5,16-20,22H,3,6-11,13H2/t16-,17-,18-,19+,20-/m1/s1. The number of rotatable bonds is 6. The summed E-state index contributed by atoms with van der Waals surface area (Å²) in [6.07, 6.45) is 7.46. The van der Waals surface area contributed by atoms with Crippen molar-refractivity contribution in [2.75, 3.05) is 12.3 Å². The van der Waals surface area contributed by atoms with E-state index in [0.29, 0.717) is 0 Å². The molecule has 0 spiro atoms. The molecule has 0 unspecified atom stereocenters. The van der Waals surface area contributed by atoms with E-state index < -0.39 is 0 Å². The molecule has 0 saturated heterocycles. The number of nitrogens with zero attached hydrogens (tertiary/aromatic N) is 1. The van der Waals surface area contributed by atoms with Gasteiger partial charge in [-0.3, -0.25) is 0 Å². The Bertz CT molecular complexity index is 594. The first-order chi connectivity index (χ1) is 11.4. The van der Waals surface area contributed by atoms with Crippen molar-refractivity contribution in [3.8, 4) is 6.07 Å². The van der Waals surface area contributed by atoms with Gasteiger partial charge in [-0.1, -0.05) is 24.6 Å². The summed E-state index contributed by atoms with van der Waals surface area (Å²) < 4.78 is 0. The Hall–Kier alpha value is -0.980. The maximum absolute atomic E-state index is 9.13. The Morgan fingerprint density at radius 2 is 2.00 bits per heavy atom. The third kappa shape index (κ3) is 3.04. The van der Waals surface area contributed by atoms with Crippen LogP contribution in [0.1, 0.15) is 43.2 Å². The number of benzene rings is 1. The first kappa shape index (κ1) is 15.5. The van der Waals surface area contributed by atoms with Gasteiger partial charge in [-0.05, 0) is 61.0 Å². The highest BCUT2D eigenvalue weighted by Crippen LogP contribution is 2.58. The van der Waals surface area contributed by atoms with E-state index in [1.165, 1.54) is 37.7 Å². The first-order valence-corrected chi connectivity index (χ1v) is 10.3. The van der Waals surface area contributed by atoms with Gasteiger partial charge in [-0.25, -0.2) is 0 Å². The SMILES string of the molecule is N#Cc1ccccc1CSCCN[C@@H]1C[C@H]2C[C@H]1[C@@H]1CCC[C@H]21. The molecular weight excluding hydrogens is 300 g/mol. The molecule has 0 radical (unpaired) electrons. The highest BCUT2D eigenvalue weighted by molar-refractivity contribution is 7.98. The van der Waals surface area contributed by atoms with Crippen molar-refractivity contribution >= 4 is 11.8 Å². The molecule has 3 aliphatic carbocycles. The minimum Gasteiger partial charge on any atom is -0.313 e. The molecule has 3 heteroatoms. The number of thioether (sulfide) groups is 1. The third-order valence-electron chi connectivity index (χ3n) is 6.48. The van der Waals surface area contributed by atoms with Crippen LogP contribution in [0.2, 0.25) is 0 Å². The second kappa shape index (κ2) is 6.87. The van der Waals surface area contributed by atoms with Gasteiger partial charge in [0.15, 0.2) is 0 Å². The van der Waals surface area contributed by atoms with Gasteiger partial charge in [-0.15, -0.1) is 0 Å². The zero-order valence-electron chi connectivity index (χ0n) is 13.7. The van der Waals surface area contributed by atoms with Crippen LogP contribution in [-0.2, 0) is 5.75 Å². The molecule has 2 bridgehead atoms. The maximum Gasteiger partial charge on any atom is 0.0994 e. The van der Waals surface area contributed by atoms with E-state index in [2.05, 4.69) is 17.5 Å². The van der Waals surface area contributed by atoms with E-state index in [4.69, 9.17) is 5.26 Å². The van der Waals surface area contributed by atoms with Crippen LogP contribution in [0.5, 0.6) is 0 Å². The Morgan fingerprint density at radius 1 is 1.13 bits per heavy atom. The molecule has 4 rings (SSSR count). The molecule has 23 heavy (non-hydrogen) atoms. The van der Waals surface area contributed by atoms with Gasteiger partial charge in [0.2, 0.25) is 0 Å². The average molecular weight is 327 g/mol. The normalized spacial score (nSPS) is 34.5. The summed E-state index contributed by atoms with van der Waals surface area (Å²) in [6.45, 7) is 1.12. The van der Waals surface area contributed by atoms with Crippen LogP contribution in [0.15, 0.2) is 24.3 Å². The van der Waals surface area contributed by atoms with Crippen molar-refractivity contribution < 1.29 is 0 Å². The molecule has 0 amide bonds. The molecular formula is C20H26N2S. The van der Waals surface area contributed by atoms with Crippen LogP contribution in [-0.4, -0.2) is 18.3 Å². The summed E-state index contributed by atoms with van der Waals surface area (Å²) in [7, 11) is 0. The molecule has 0 aromatic heterocycles. The lowest BCUT2D eigenvalue weighted by atomic mass is 9.79. The number of hydrogen-bond donors (Lipinski definition) is 1. The molecule has 3 saturated carbocycles. The minimum absolute atomic E-state index is 0.798. The zero-order valence-corrected chi connectivity index (χ0v) is 14.5. The summed E-state index contributed by atoms with van der Waals surface area (Å²) in [5.41, 5.74) is 2.00. The number of hydrogen-bond acceptors (Lipinski definition) is 3. The summed E-state index contributed by atoms with van der Waals surface area (Å²) in [5, 5.41) is 13.0. The lowest BCUT2D eigenvalue weighted by molar-refractivity contribution is 0.211. The van der Waals surface area contributed by atoms with Crippen molar-refractivity contribution in [1.82, 2.24) is 5.32 Å². The van der Waals surface area contributed by atoms with E-state index in [-0.39, 0.29) is 0 Å². The smallest absolute Gasteiger partial charge is 0.0994 e. The van der Waals surface area contributed by atoms with Gasteiger partial charge in [0.1, 0.15) is 0 Å². The van der Waals surface area contributed by atoms with Crippen LogP contribution in [0, 0.1) is 35.0 Å². The van der Waals surface area contributed by atoms with Gasteiger partial charge in [0.05, 0.1) is 11.6 Å². The van der Waals surface area contributed by atoms with E-state index in [0.717, 1.165) is 53.3 Å². The van der Waals surface area contributed by atoms with Crippen LogP contribution in [0.4, 0.5) is 0 Å². The summed E-state index contributed by atoms with van der Waals surface area (Å²) >= 11 is 1.95. The van der Waals surface area contributed by atoms with Gasteiger partial charge >= 0.3 is 0 Å². The van der Waals surface area contributed by atoms with Gasteiger partial charge in [-0.2, -0.15) is 17.0 Å². The Morgan fingerprint density at radius 3 is 2.91 bits per heavy atom. The topological polar surface area (TPSA) is 35.8 Å². The van der Waals surface area contributed by atoms with Crippen LogP contribution < -0.4 is 5.32 Å². The highest BCUT2D eigenvalue weighted by Gasteiger charge is 2.53. The Balaban J connectivity index is 1.19. The number of fused-ring (bicyclic) bond motifs is 5. The summed E-state index contributed by atoms with van der Waals surface area (Å²) in [4.78, 5) is 0. The maximum atomic E-state index is 9.13. The fraction of sp³-hybridized carbons (Fsp3) is 0.650. The third-order valence-corrected chi connectivity index (χ3v) is 7.48. The van der Waals surface area contributed by atoms with E-state index in [9.17, 15) is 0 Å². The Kier molecular flexibility index (Phi) is 4.64.